The summed E-state index contributed by atoms with van der Waals surface area (Å²) >= 11 is 0.218. The number of carbonyl (C=O) groups excluding carboxylic acids is 1. The third-order valence-corrected chi connectivity index (χ3v) is 8.17. The zero-order chi connectivity index (χ0) is 42.5. The zero-order valence-electron chi connectivity index (χ0n) is 35.5. The van der Waals surface area contributed by atoms with E-state index < -0.39 is 71.4 Å². The number of hydrogen-bond donors (Lipinski definition) is 0. The first kappa shape index (κ1) is 23.4. The molecule has 3 aromatic carbocycles. The second-order valence-electron chi connectivity index (χ2n) is 10.4. The quantitative estimate of drug-likeness (QED) is 0.0851. The predicted octanol–water partition coefficient (Wildman–Crippen LogP) is 7.22. The molecule has 5 rings (SSSR count). The molecule has 6 nitrogen and oxygen atoms in total. The van der Waals surface area contributed by atoms with Gasteiger partial charge in [-0.25, -0.2) is 4.39 Å². The van der Waals surface area contributed by atoms with Crippen LogP contribution in [0.15, 0.2) is 82.7 Å². The molecule has 0 radical (unpaired) electrons. The highest BCUT2D eigenvalue weighted by atomic mass is 32.2. The number of alkyl halides is 3. The summed E-state index contributed by atoms with van der Waals surface area (Å²) in [6, 6.07) is 13.2. The van der Waals surface area contributed by atoms with Crippen LogP contribution in [0, 0.1) is 5.82 Å². The minimum Gasteiger partial charge on any atom is -0.336 e. The van der Waals surface area contributed by atoms with Gasteiger partial charge in [0.15, 0.2) is 5.16 Å². The Bertz CT molecular complexity index is 2170. The van der Waals surface area contributed by atoms with Crippen LogP contribution in [0.1, 0.15) is 61.9 Å². The lowest BCUT2D eigenvalue weighted by atomic mass is 10.0. The van der Waals surface area contributed by atoms with Crippen molar-refractivity contribution in [3.8, 4) is 11.1 Å². The largest absolute Gasteiger partial charge is 0.416 e. The second-order valence-corrected chi connectivity index (χ2v) is 11.2. The lowest BCUT2D eigenvalue weighted by Crippen LogP contribution is -2.40. The number of amides is 1. The lowest BCUT2D eigenvalue weighted by molar-refractivity contribution is -0.137. The average molecular weight is 677 g/mol. The molecule has 1 amide bonds. The van der Waals surface area contributed by atoms with Crippen LogP contribution >= 0.6 is 11.8 Å². The molecule has 0 atom stereocenters. The first-order valence-electron chi connectivity index (χ1n) is 19.8. The molecule has 0 aliphatic heterocycles. The van der Waals surface area contributed by atoms with Gasteiger partial charge >= 0.3 is 6.18 Å². The molecule has 1 aromatic heterocycles. The number of halogens is 4. The maximum absolute atomic E-state index is 14.9. The van der Waals surface area contributed by atoms with Crippen molar-refractivity contribution in [1.82, 2.24) is 19.4 Å². The highest BCUT2D eigenvalue weighted by Gasteiger charge is 2.30. The van der Waals surface area contributed by atoms with E-state index in [0.717, 1.165) is 53.4 Å². The second kappa shape index (κ2) is 15.3. The number of hydrogen-bond acceptors (Lipinski definition) is 5. The van der Waals surface area contributed by atoms with E-state index in [-0.39, 0.29) is 59.4 Å². The lowest BCUT2D eigenvalue weighted by Gasteiger charge is -2.28. The zero-order valence-corrected chi connectivity index (χ0v) is 26.3. The number of rotatable bonds is 13. The summed E-state index contributed by atoms with van der Waals surface area (Å²) in [4.78, 5) is 32.8. The van der Waals surface area contributed by atoms with E-state index in [0.29, 0.717) is 22.1 Å². The van der Waals surface area contributed by atoms with Crippen molar-refractivity contribution in [2.24, 2.45) is 0 Å². The molecule has 0 fully saturated rings. The van der Waals surface area contributed by atoms with E-state index in [1.165, 1.54) is 38.1 Å². The number of nitrogens with zero attached hydrogens (tertiary/aromatic N) is 4. The van der Waals surface area contributed by atoms with Gasteiger partial charge in [-0.05, 0) is 78.9 Å². The molecule has 0 spiro atoms. The highest BCUT2D eigenvalue weighted by molar-refractivity contribution is 7.98. The third kappa shape index (κ3) is 8.70. The fraction of sp³-hybridized carbons (Fsp3) is 0.361. The van der Waals surface area contributed by atoms with Crippen LogP contribution in [0.25, 0.3) is 11.1 Å². The molecule has 47 heavy (non-hydrogen) atoms. The van der Waals surface area contributed by atoms with Gasteiger partial charge in [0.1, 0.15) is 12.3 Å². The summed E-state index contributed by atoms with van der Waals surface area (Å²) in [5.74, 6) is -2.61. The highest BCUT2D eigenvalue weighted by Crippen LogP contribution is 2.31. The van der Waals surface area contributed by atoms with E-state index in [2.05, 4.69) is 4.98 Å². The first-order chi connectivity index (χ1) is 26.3. The molecule has 0 N–H and O–H groups in total. The maximum atomic E-state index is 14.9. The summed E-state index contributed by atoms with van der Waals surface area (Å²) in [5.41, 5.74) is -4.25. The molecular formula is C36H38F4N4O2S. The average Bonchev–Trinajstić information content (AvgIpc) is 3.62. The Morgan fingerprint density at radius 2 is 1.53 bits per heavy atom. The Balaban J connectivity index is 1.68. The van der Waals surface area contributed by atoms with Gasteiger partial charge in [0, 0.05) is 41.9 Å². The number of carbonyl (C=O) groups is 1. The Kier molecular flexibility index (Phi) is 7.61. The smallest absolute Gasteiger partial charge is 0.336 e. The monoisotopic (exact) mass is 676 g/mol. The van der Waals surface area contributed by atoms with Gasteiger partial charge in [-0.3, -0.25) is 9.59 Å². The molecule has 1 aliphatic carbocycles. The van der Waals surface area contributed by atoms with Crippen LogP contribution < -0.4 is 5.56 Å². The van der Waals surface area contributed by atoms with Crippen molar-refractivity contribution in [3.63, 3.8) is 0 Å². The van der Waals surface area contributed by atoms with Crippen molar-refractivity contribution in [1.29, 1.82) is 0 Å². The molecule has 248 valence electrons. The Morgan fingerprint density at radius 3 is 2.15 bits per heavy atom. The first-order valence-corrected chi connectivity index (χ1v) is 15.6. The van der Waals surface area contributed by atoms with E-state index in [1.807, 2.05) is 0 Å². The van der Waals surface area contributed by atoms with Crippen molar-refractivity contribution < 1.29 is 36.1 Å². The molecule has 0 saturated heterocycles. The summed E-state index contributed by atoms with van der Waals surface area (Å²) < 4.78 is 145. The Morgan fingerprint density at radius 1 is 0.915 bits per heavy atom. The Hall–Kier alpha value is -3.96. The third-order valence-electron chi connectivity index (χ3n) is 7.37. The molecule has 1 heterocycles. The maximum Gasteiger partial charge on any atom is 0.416 e. The summed E-state index contributed by atoms with van der Waals surface area (Å²) in [7, 11) is 0. The van der Waals surface area contributed by atoms with Crippen LogP contribution in [0.5, 0.6) is 0 Å². The molecule has 0 unspecified atom stereocenters. The minimum absolute atomic E-state index is 0.00152. The Labute approximate surface area is 290 Å². The van der Waals surface area contributed by atoms with Gasteiger partial charge < -0.3 is 14.4 Å². The topological polar surface area (TPSA) is 58.4 Å². The van der Waals surface area contributed by atoms with Crippen LogP contribution in [0.3, 0.4) is 0 Å². The van der Waals surface area contributed by atoms with Gasteiger partial charge in [0.05, 0.1) is 13.8 Å². The van der Waals surface area contributed by atoms with E-state index in [9.17, 15) is 32.6 Å². The molecule has 1 aliphatic rings. The van der Waals surface area contributed by atoms with E-state index >= 15 is 0 Å². The fourth-order valence-electron chi connectivity index (χ4n) is 4.83. The number of likely N-dealkylation sites (N-methyl/N-ethyl adjacent to an activating group) is 1. The summed E-state index contributed by atoms with van der Waals surface area (Å²) in [6.45, 7) is -11.0. The van der Waals surface area contributed by atoms with Crippen LogP contribution in [0.4, 0.5) is 17.6 Å². The number of aromatic nitrogens is 2. The number of fused-ring (bicyclic) bond motifs is 1. The van der Waals surface area contributed by atoms with Crippen LogP contribution in [0.2, 0.25) is 0 Å². The van der Waals surface area contributed by atoms with Crippen molar-refractivity contribution >= 4 is 17.7 Å². The van der Waals surface area contributed by atoms with Gasteiger partial charge in [-0.15, -0.1) is 0 Å². The normalized spacial score (nSPS) is 17.5. The van der Waals surface area contributed by atoms with E-state index in [4.69, 9.17) is 8.22 Å². The fourth-order valence-corrected chi connectivity index (χ4v) is 5.55. The predicted molar refractivity (Wildman–Crippen MR) is 177 cm³/mol. The van der Waals surface area contributed by atoms with Crippen LogP contribution in [-0.2, 0) is 42.5 Å². The minimum atomic E-state index is -4.59. The molecule has 4 aromatic rings. The molecule has 0 bridgehead atoms. The molecule has 11 heteroatoms. The molecule has 0 saturated carbocycles. The molecular weight excluding hydrogens is 628 g/mol. The summed E-state index contributed by atoms with van der Waals surface area (Å²) in [6.07, 6.45) is -4.18. The standard InChI is InChI=1S/C36H38F4N4O2S/c1-3-42(4-2)20-21-43(22-25-8-12-27(13-9-25)28-14-16-29(17-15-28)36(38,39)40)33(45)23-44-32-7-5-6-31(32)34(46)41-35(44)47-24-26-10-18-30(37)19-11-26/h8-19H,3-7,20-24H2,1-2H3/i20D2,21D2,22D2,23D2,24D2. The number of thioether (sulfide) groups is 1. The number of benzene rings is 3. The van der Waals surface area contributed by atoms with Crippen molar-refractivity contribution in [2.75, 3.05) is 26.1 Å². The van der Waals surface area contributed by atoms with Crippen molar-refractivity contribution in [2.45, 2.75) is 63.1 Å². The SMILES string of the molecule is [2H]C([2H])(Sc1nc(=O)c2c(n1C([2H])([2H])C(=O)N(C([2H])([2H])c1ccc(-c3ccc(C(F)(F)F)cc3)cc1)C([2H])([2H])C([2H])([2H])N(CC)CC)CCC2)c1ccc(F)cc1. The van der Waals surface area contributed by atoms with Gasteiger partial charge in [0.25, 0.3) is 5.56 Å². The van der Waals surface area contributed by atoms with Gasteiger partial charge in [-0.2, -0.15) is 18.2 Å². The van der Waals surface area contributed by atoms with Gasteiger partial charge in [-0.1, -0.05) is 74.1 Å². The van der Waals surface area contributed by atoms with Crippen molar-refractivity contribution in [3.05, 3.63) is 117 Å². The van der Waals surface area contributed by atoms with Gasteiger partial charge in [0.2, 0.25) is 5.91 Å². The summed E-state index contributed by atoms with van der Waals surface area (Å²) in [5, 5.41) is -0.665. The van der Waals surface area contributed by atoms with Crippen LogP contribution in [-0.4, -0.2) is 51.3 Å². The van der Waals surface area contributed by atoms with E-state index in [1.54, 1.807) is 0 Å².